The Balaban J connectivity index is 1.93. The fraction of sp³-hybridized carbons (Fsp3) is 0.579. The Morgan fingerprint density at radius 1 is 1.11 bits per heavy atom. The number of benzene rings is 1. The highest BCUT2D eigenvalue weighted by Crippen LogP contribution is 2.36. The Hall–Kier alpha value is -2.13. The summed E-state index contributed by atoms with van der Waals surface area (Å²) in [6.45, 7) is 5.23. The van der Waals surface area contributed by atoms with Gasteiger partial charge >= 0.3 is 6.03 Å². The van der Waals surface area contributed by atoms with Gasteiger partial charge in [0.1, 0.15) is 0 Å². The molecule has 2 fully saturated rings. The largest absolute Gasteiger partial charge is 0.345 e. The first kappa shape index (κ1) is 20.6. The normalized spacial score (nSPS) is 24.1. The second-order valence-electron chi connectivity index (χ2n) is 8.10. The minimum atomic E-state index is -3.71. The summed E-state index contributed by atoms with van der Waals surface area (Å²) in [6, 6.07) is 8.04. The highest BCUT2D eigenvalue weighted by atomic mass is 32.2. The van der Waals surface area contributed by atoms with Crippen LogP contribution in [0.5, 0.6) is 0 Å². The van der Waals surface area contributed by atoms with Crippen LogP contribution in [0.3, 0.4) is 0 Å². The number of likely N-dealkylation sites (tertiary alicyclic amines) is 1. The van der Waals surface area contributed by atoms with Gasteiger partial charge < -0.3 is 15.1 Å². The van der Waals surface area contributed by atoms with Crippen LogP contribution in [0.25, 0.3) is 0 Å². The third-order valence-electron chi connectivity index (χ3n) is 5.26. The minimum absolute atomic E-state index is 0.0243. The molecule has 2 heterocycles. The summed E-state index contributed by atoms with van der Waals surface area (Å²) >= 11 is 0. The van der Waals surface area contributed by atoms with Crippen LogP contribution in [-0.2, 0) is 14.8 Å². The van der Waals surface area contributed by atoms with E-state index in [1.54, 1.807) is 47.2 Å². The van der Waals surface area contributed by atoms with Gasteiger partial charge in [-0.25, -0.2) is 13.2 Å². The van der Waals surface area contributed by atoms with Crippen LogP contribution in [0.15, 0.2) is 35.2 Å². The maximum absolute atomic E-state index is 13.2. The van der Waals surface area contributed by atoms with Gasteiger partial charge in [-0.1, -0.05) is 18.2 Å². The molecule has 0 bridgehead atoms. The number of urea groups is 1. The van der Waals surface area contributed by atoms with E-state index in [2.05, 4.69) is 5.32 Å². The standard InChI is InChI=1S/C19H28N4O4S/c1-15(2)20-18(25)22-9-10-23(28(26,27)16-7-5-4-6-8-16)14-19(13-22)11-17(24)21(3)12-19/h4-8,15H,9-14H2,1-3H3,(H,20,25). The van der Waals surface area contributed by atoms with Crippen LogP contribution in [0.2, 0.25) is 0 Å². The summed E-state index contributed by atoms with van der Waals surface area (Å²) in [5, 5.41) is 2.87. The van der Waals surface area contributed by atoms with Gasteiger partial charge in [-0.15, -0.1) is 0 Å². The van der Waals surface area contributed by atoms with E-state index in [0.717, 1.165) is 0 Å². The van der Waals surface area contributed by atoms with Crippen LogP contribution in [-0.4, -0.2) is 80.3 Å². The first-order valence-corrected chi connectivity index (χ1v) is 10.9. The van der Waals surface area contributed by atoms with E-state index in [1.165, 1.54) is 4.31 Å². The van der Waals surface area contributed by atoms with Crippen molar-refractivity contribution in [1.82, 2.24) is 19.4 Å². The molecule has 28 heavy (non-hydrogen) atoms. The Morgan fingerprint density at radius 3 is 2.36 bits per heavy atom. The second kappa shape index (κ2) is 7.71. The predicted molar refractivity (Wildman–Crippen MR) is 105 cm³/mol. The topological polar surface area (TPSA) is 90.0 Å². The van der Waals surface area contributed by atoms with Gasteiger partial charge in [-0.05, 0) is 26.0 Å². The molecule has 0 saturated carbocycles. The molecule has 2 saturated heterocycles. The van der Waals surface area contributed by atoms with Gasteiger partial charge in [0.25, 0.3) is 0 Å². The van der Waals surface area contributed by atoms with Crippen molar-refractivity contribution in [1.29, 1.82) is 0 Å². The number of carbonyl (C=O) groups is 2. The lowest BCUT2D eigenvalue weighted by Crippen LogP contribution is -2.49. The summed E-state index contributed by atoms with van der Waals surface area (Å²) < 4.78 is 27.8. The van der Waals surface area contributed by atoms with Crippen molar-refractivity contribution in [2.45, 2.75) is 31.2 Å². The highest BCUT2D eigenvalue weighted by molar-refractivity contribution is 7.89. The number of nitrogens with zero attached hydrogens (tertiary/aromatic N) is 3. The zero-order valence-electron chi connectivity index (χ0n) is 16.6. The molecular formula is C19H28N4O4S. The molecule has 3 amide bonds. The van der Waals surface area contributed by atoms with E-state index in [0.29, 0.717) is 13.1 Å². The average molecular weight is 409 g/mol. The van der Waals surface area contributed by atoms with Crippen molar-refractivity contribution in [3.8, 4) is 0 Å². The SMILES string of the molecule is CC(C)NC(=O)N1CCN(S(=O)(=O)c2ccccc2)CC2(CC(=O)N(C)C2)C1. The van der Waals surface area contributed by atoms with Crippen molar-refractivity contribution >= 4 is 22.0 Å². The molecule has 3 rings (SSSR count). The molecule has 9 heteroatoms. The van der Waals surface area contributed by atoms with Crippen LogP contribution >= 0.6 is 0 Å². The quantitative estimate of drug-likeness (QED) is 0.807. The summed E-state index contributed by atoms with van der Waals surface area (Å²) in [7, 11) is -1.99. The third-order valence-corrected chi connectivity index (χ3v) is 7.12. The number of hydrogen-bond donors (Lipinski definition) is 1. The molecule has 8 nitrogen and oxygen atoms in total. The number of sulfonamides is 1. The van der Waals surface area contributed by atoms with Gasteiger partial charge in [-0.3, -0.25) is 4.79 Å². The zero-order chi connectivity index (χ0) is 20.5. The van der Waals surface area contributed by atoms with Gasteiger partial charge in [-0.2, -0.15) is 4.31 Å². The van der Waals surface area contributed by atoms with Crippen LogP contribution < -0.4 is 5.32 Å². The van der Waals surface area contributed by atoms with Crippen molar-refractivity contribution < 1.29 is 18.0 Å². The molecule has 2 aliphatic rings. The molecule has 2 aliphatic heterocycles. The summed E-state index contributed by atoms with van der Waals surface area (Å²) in [6.07, 6.45) is 0.232. The fourth-order valence-corrected chi connectivity index (χ4v) is 5.56. The monoisotopic (exact) mass is 408 g/mol. The Kier molecular flexibility index (Phi) is 5.67. The molecular weight excluding hydrogens is 380 g/mol. The summed E-state index contributed by atoms with van der Waals surface area (Å²) in [4.78, 5) is 28.4. The van der Waals surface area contributed by atoms with E-state index in [1.807, 2.05) is 13.8 Å². The second-order valence-corrected chi connectivity index (χ2v) is 10.0. The number of rotatable bonds is 3. The molecule has 0 radical (unpaired) electrons. The summed E-state index contributed by atoms with van der Waals surface area (Å²) in [5.41, 5.74) is -0.613. The number of hydrogen-bond acceptors (Lipinski definition) is 4. The van der Waals surface area contributed by atoms with E-state index < -0.39 is 15.4 Å². The van der Waals surface area contributed by atoms with Crippen molar-refractivity contribution in [3.05, 3.63) is 30.3 Å². The van der Waals surface area contributed by atoms with Crippen molar-refractivity contribution in [3.63, 3.8) is 0 Å². The average Bonchev–Trinajstić information content (AvgIpc) is 2.79. The molecule has 1 N–H and O–H groups in total. The molecule has 1 unspecified atom stereocenters. The highest BCUT2D eigenvalue weighted by Gasteiger charge is 2.48. The van der Waals surface area contributed by atoms with Gasteiger partial charge in [0.2, 0.25) is 15.9 Å². The maximum Gasteiger partial charge on any atom is 0.317 e. The minimum Gasteiger partial charge on any atom is -0.345 e. The molecule has 154 valence electrons. The van der Waals surface area contributed by atoms with Crippen molar-refractivity contribution in [2.24, 2.45) is 5.41 Å². The zero-order valence-corrected chi connectivity index (χ0v) is 17.4. The Bertz CT molecular complexity index is 843. The van der Waals surface area contributed by atoms with Crippen LogP contribution in [0.1, 0.15) is 20.3 Å². The third kappa shape index (κ3) is 4.15. The van der Waals surface area contributed by atoms with E-state index in [9.17, 15) is 18.0 Å². The van der Waals surface area contributed by atoms with E-state index in [4.69, 9.17) is 0 Å². The predicted octanol–water partition coefficient (Wildman–Crippen LogP) is 0.959. The van der Waals surface area contributed by atoms with E-state index in [-0.39, 0.29) is 48.9 Å². The number of nitrogens with one attached hydrogen (secondary N) is 1. The molecule has 1 spiro atoms. The molecule has 1 aromatic rings. The van der Waals surface area contributed by atoms with Gasteiger partial charge in [0.05, 0.1) is 4.90 Å². The fourth-order valence-electron chi connectivity index (χ4n) is 3.99. The Labute approximate surface area is 166 Å². The molecule has 1 aromatic carbocycles. The summed E-state index contributed by atoms with van der Waals surface area (Å²) in [5.74, 6) is -0.0248. The van der Waals surface area contributed by atoms with Gasteiger partial charge in [0.15, 0.2) is 0 Å². The van der Waals surface area contributed by atoms with Gasteiger partial charge in [0, 0.05) is 57.6 Å². The molecule has 1 atom stereocenters. The van der Waals surface area contributed by atoms with E-state index >= 15 is 0 Å². The lowest BCUT2D eigenvalue weighted by atomic mass is 9.86. The van der Waals surface area contributed by atoms with Crippen LogP contribution in [0, 0.1) is 5.41 Å². The lowest BCUT2D eigenvalue weighted by Gasteiger charge is -2.33. The smallest absolute Gasteiger partial charge is 0.317 e. The maximum atomic E-state index is 13.2. The molecule has 0 aliphatic carbocycles. The first-order valence-electron chi connectivity index (χ1n) is 9.48. The lowest BCUT2D eigenvalue weighted by molar-refractivity contribution is -0.126. The molecule has 0 aromatic heterocycles. The van der Waals surface area contributed by atoms with Crippen molar-refractivity contribution in [2.75, 3.05) is 39.8 Å². The first-order chi connectivity index (χ1) is 13.1. The number of amides is 3. The Morgan fingerprint density at radius 2 is 1.79 bits per heavy atom. The number of carbonyl (C=O) groups excluding carboxylic acids is 2. The van der Waals surface area contributed by atoms with Crippen LogP contribution in [0.4, 0.5) is 4.79 Å².